The zero-order valence-electron chi connectivity index (χ0n) is 10.7. The molecule has 2 aromatic heterocycles. The minimum atomic E-state index is 0.490. The zero-order valence-corrected chi connectivity index (χ0v) is 10.7. The number of pyridine rings is 1. The Balaban J connectivity index is 2.02. The van der Waals surface area contributed by atoms with Crippen molar-refractivity contribution in [3.05, 3.63) is 29.7 Å². The first-order chi connectivity index (χ1) is 8.78. The quantitative estimate of drug-likeness (QED) is 0.809. The maximum atomic E-state index is 5.65. The summed E-state index contributed by atoms with van der Waals surface area (Å²) in [7, 11) is 0. The Morgan fingerprint density at radius 1 is 1.33 bits per heavy atom. The fourth-order valence-corrected chi connectivity index (χ4v) is 2.50. The molecule has 96 valence electrons. The average molecular weight is 245 g/mol. The summed E-state index contributed by atoms with van der Waals surface area (Å²) >= 11 is 0. The first-order valence-corrected chi connectivity index (χ1v) is 6.42. The molecular formula is C13H19N5. The van der Waals surface area contributed by atoms with E-state index in [0.29, 0.717) is 6.54 Å². The molecule has 5 heteroatoms. The highest BCUT2D eigenvalue weighted by atomic mass is 15.2. The largest absolute Gasteiger partial charge is 0.368 e. The highest BCUT2D eigenvalue weighted by Gasteiger charge is 2.13. The highest BCUT2D eigenvalue weighted by molar-refractivity contribution is 5.58. The molecule has 0 bridgehead atoms. The molecule has 0 atom stereocenters. The van der Waals surface area contributed by atoms with Gasteiger partial charge in [0.15, 0.2) is 0 Å². The minimum Gasteiger partial charge on any atom is -0.368 e. The van der Waals surface area contributed by atoms with Gasteiger partial charge >= 0.3 is 0 Å². The number of aromatic nitrogens is 2. The predicted molar refractivity (Wildman–Crippen MR) is 72.9 cm³/mol. The maximum absolute atomic E-state index is 5.65. The fraction of sp³-hybridized carbons (Fsp3) is 0.462. The molecule has 1 saturated heterocycles. The van der Waals surface area contributed by atoms with Crippen LogP contribution in [0.1, 0.15) is 11.3 Å². The van der Waals surface area contributed by atoms with Crippen molar-refractivity contribution in [2.24, 2.45) is 5.73 Å². The van der Waals surface area contributed by atoms with E-state index >= 15 is 0 Å². The van der Waals surface area contributed by atoms with Crippen molar-refractivity contribution in [2.45, 2.75) is 13.5 Å². The van der Waals surface area contributed by atoms with Gasteiger partial charge < -0.3 is 20.4 Å². The van der Waals surface area contributed by atoms with E-state index in [9.17, 15) is 0 Å². The molecule has 0 radical (unpaired) electrons. The summed E-state index contributed by atoms with van der Waals surface area (Å²) in [5.74, 6) is 0. The number of hydrogen-bond acceptors (Lipinski definition) is 4. The maximum Gasteiger partial charge on any atom is 0.140 e. The molecular weight excluding hydrogens is 226 g/mol. The number of nitrogens with one attached hydrogen (secondary N) is 1. The molecule has 0 saturated carbocycles. The normalized spacial score (nSPS) is 16.4. The van der Waals surface area contributed by atoms with E-state index in [1.807, 2.05) is 6.20 Å². The summed E-state index contributed by atoms with van der Waals surface area (Å²) in [5.41, 5.74) is 10.1. The number of aryl methyl sites for hydroxylation is 1. The summed E-state index contributed by atoms with van der Waals surface area (Å²) in [4.78, 5) is 6.93. The van der Waals surface area contributed by atoms with Crippen LogP contribution in [0.4, 0.5) is 5.69 Å². The summed E-state index contributed by atoms with van der Waals surface area (Å²) in [6.07, 6.45) is 4.17. The van der Waals surface area contributed by atoms with Crippen LogP contribution in [0.25, 0.3) is 5.65 Å². The van der Waals surface area contributed by atoms with Gasteiger partial charge in [-0.05, 0) is 18.6 Å². The van der Waals surface area contributed by atoms with Gasteiger partial charge in [-0.25, -0.2) is 4.98 Å². The molecule has 3 heterocycles. The van der Waals surface area contributed by atoms with Gasteiger partial charge in [-0.3, -0.25) is 0 Å². The predicted octanol–water partition coefficient (Wildman–Crippen LogP) is 0.511. The molecule has 2 aromatic rings. The van der Waals surface area contributed by atoms with E-state index in [0.717, 1.165) is 37.5 Å². The SMILES string of the molecule is Cc1cc(N2CCNCC2)cn2cc(CN)nc12. The van der Waals surface area contributed by atoms with Crippen LogP contribution in [0.15, 0.2) is 18.5 Å². The number of nitrogens with zero attached hydrogens (tertiary/aromatic N) is 3. The van der Waals surface area contributed by atoms with Crippen LogP contribution in [0.2, 0.25) is 0 Å². The van der Waals surface area contributed by atoms with Crippen LogP contribution in [0, 0.1) is 6.92 Å². The number of imidazole rings is 1. The van der Waals surface area contributed by atoms with Crippen LogP contribution < -0.4 is 16.0 Å². The van der Waals surface area contributed by atoms with Gasteiger partial charge in [0.25, 0.3) is 0 Å². The number of nitrogens with two attached hydrogens (primary N) is 1. The molecule has 3 N–H and O–H groups in total. The average Bonchev–Trinajstić information content (AvgIpc) is 2.83. The second-order valence-corrected chi connectivity index (χ2v) is 4.79. The molecule has 18 heavy (non-hydrogen) atoms. The second kappa shape index (κ2) is 4.59. The standard InChI is InChI=1S/C13H19N5/c1-10-6-12(17-4-2-15-3-5-17)9-18-8-11(7-14)16-13(10)18/h6,8-9,15H,2-5,7,14H2,1H3. The van der Waals surface area contributed by atoms with Gasteiger partial charge in [-0.1, -0.05) is 0 Å². The molecule has 0 aliphatic carbocycles. The Hall–Kier alpha value is -1.59. The Bertz CT molecular complexity index is 554. The van der Waals surface area contributed by atoms with Crippen LogP contribution >= 0.6 is 0 Å². The number of hydrogen-bond donors (Lipinski definition) is 2. The van der Waals surface area contributed by atoms with E-state index in [4.69, 9.17) is 5.73 Å². The number of anilines is 1. The topological polar surface area (TPSA) is 58.6 Å². The zero-order chi connectivity index (χ0) is 12.5. The second-order valence-electron chi connectivity index (χ2n) is 4.79. The van der Waals surface area contributed by atoms with Crippen LogP contribution in [-0.2, 0) is 6.54 Å². The van der Waals surface area contributed by atoms with E-state index in [2.05, 4.69) is 38.8 Å². The van der Waals surface area contributed by atoms with Gasteiger partial charge in [0, 0.05) is 45.1 Å². The Morgan fingerprint density at radius 3 is 2.83 bits per heavy atom. The van der Waals surface area contributed by atoms with Crippen molar-refractivity contribution in [1.82, 2.24) is 14.7 Å². The van der Waals surface area contributed by atoms with Gasteiger partial charge in [-0.15, -0.1) is 0 Å². The van der Waals surface area contributed by atoms with E-state index in [1.54, 1.807) is 0 Å². The summed E-state index contributed by atoms with van der Waals surface area (Å²) in [5, 5.41) is 3.37. The van der Waals surface area contributed by atoms with Crippen molar-refractivity contribution in [2.75, 3.05) is 31.1 Å². The van der Waals surface area contributed by atoms with Crippen molar-refractivity contribution in [3.8, 4) is 0 Å². The Kier molecular flexibility index (Phi) is 2.93. The summed E-state index contributed by atoms with van der Waals surface area (Å²) in [6.45, 7) is 6.81. The van der Waals surface area contributed by atoms with Crippen molar-refractivity contribution < 1.29 is 0 Å². The third-order valence-electron chi connectivity index (χ3n) is 3.46. The van der Waals surface area contributed by atoms with E-state index < -0.39 is 0 Å². The van der Waals surface area contributed by atoms with Crippen LogP contribution in [0.3, 0.4) is 0 Å². The lowest BCUT2D eigenvalue weighted by Crippen LogP contribution is -2.43. The first-order valence-electron chi connectivity index (χ1n) is 6.42. The molecule has 1 aliphatic rings. The molecule has 1 aliphatic heterocycles. The lowest BCUT2D eigenvalue weighted by atomic mass is 10.2. The van der Waals surface area contributed by atoms with Crippen molar-refractivity contribution in [3.63, 3.8) is 0 Å². The van der Waals surface area contributed by atoms with Gasteiger partial charge in [0.05, 0.1) is 11.4 Å². The van der Waals surface area contributed by atoms with Crippen LogP contribution in [0.5, 0.6) is 0 Å². The van der Waals surface area contributed by atoms with E-state index in [1.165, 1.54) is 11.3 Å². The number of piperazine rings is 1. The molecule has 0 unspecified atom stereocenters. The van der Waals surface area contributed by atoms with Crippen LogP contribution in [-0.4, -0.2) is 35.6 Å². The van der Waals surface area contributed by atoms with Gasteiger partial charge in [0.2, 0.25) is 0 Å². The molecule has 3 rings (SSSR count). The fourth-order valence-electron chi connectivity index (χ4n) is 2.50. The monoisotopic (exact) mass is 245 g/mol. The molecule has 0 aromatic carbocycles. The Morgan fingerprint density at radius 2 is 2.11 bits per heavy atom. The molecule has 0 spiro atoms. The number of fused-ring (bicyclic) bond motifs is 1. The lowest BCUT2D eigenvalue weighted by molar-refractivity contribution is 0.588. The number of rotatable bonds is 2. The lowest BCUT2D eigenvalue weighted by Gasteiger charge is -2.29. The van der Waals surface area contributed by atoms with E-state index in [-0.39, 0.29) is 0 Å². The van der Waals surface area contributed by atoms with Gasteiger partial charge in [0.1, 0.15) is 5.65 Å². The molecule has 0 amide bonds. The minimum absolute atomic E-state index is 0.490. The smallest absolute Gasteiger partial charge is 0.140 e. The summed E-state index contributed by atoms with van der Waals surface area (Å²) < 4.78 is 2.09. The Labute approximate surface area is 107 Å². The third kappa shape index (κ3) is 1.95. The third-order valence-corrected chi connectivity index (χ3v) is 3.46. The van der Waals surface area contributed by atoms with Crippen molar-refractivity contribution in [1.29, 1.82) is 0 Å². The highest BCUT2D eigenvalue weighted by Crippen LogP contribution is 2.20. The first kappa shape index (κ1) is 11.5. The van der Waals surface area contributed by atoms with Gasteiger partial charge in [-0.2, -0.15) is 0 Å². The molecule has 5 nitrogen and oxygen atoms in total. The summed E-state index contributed by atoms with van der Waals surface area (Å²) in [6, 6.07) is 2.22. The van der Waals surface area contributed by atoms with Crippen molar-refractivity contribution >= 4 is 11.3 Å². The molecule has 1 fully saturated rings.